The fourth-order valence-electron chi connectivity index (χ4n) is 1.96. The van der Waals surface area contributed by atoms with Gasteiger partial charge in [0, 0.05) is 18.5 Å². The molecule has 1 aromatic rings. The molecule has 0 amide bonds. The van der Waals surface area contributed by atoms with Crippen molar-refractivity contribution in [3.63, 3.8) is 0 Å². The molecule has 1 atom stereocenters. The number of nitrogens with one attached hydrogen (secondary N) is 1. The van der Waals surface area contributed by atoms with Crippen molar-refractivity contribution in [1.82, 2.24) is 0 Å². The van der Waals surface area contributed by atoms with Gasteiger partial charge in [0.05, 0.1) is 13.1 Å². The first kappa shape index (κ1) is 9.53. The average Bonchev–Trinajstić information content (AvgIpc) is 2.70. The molecule has 0 bridgehead atoms. The van der Waals surface area contributed by atoms with Crippen LogP contribution in [0.3, 0.4) is 0 Å². The number of rotatable bonds is 3. The quantitative estimate of drug-likeness (QED) is 0.737. The van der Waals surface area contributed by atoms with Gasteiger partial charge in [0.15, 0.2) is 0 Å². The molecule has 0 aliphatic carbocycles. The number of quaternary nitrogens is 1. The number of benzene rings is 1. The molecule has 1 aromatic carbocycles. The summed E-state index contributed by atoms with van der Waals surface area (Å²) in [6.07, 6.45) is 2.74. The maximum atomic E-state index is 3.48. The van der Waals surface area contributed by atoms with Crippen molar-refractivity contribution < 1.29 is 5.32 Å². The second-order valence-corrected chi connectivity index (χ2v) is 4.17. The molecule has 1 saturated heterocycles. The van der Waals surface area contributed by atoms with Crippen LogP contribution in [0.1, 0.15) is 18.4 Å². The van der Waals surface area contributed by atoms with E-state index < -0.39 is 0 Å². The summed E-state index contributed by atoms with van der Waals surface area (Å²) in [6, 6.07) is 9.41. The Morgan fingerprint density at radius 2 is 2.14 bits per heavy atom. The standard InChI is InChI=1S/C12H18N2/c1-10-4-6-11(7-5-10)14-9-12-3-2-8-13-12/h4-7,12-14H,2-3,8-9H2,1H3/p+1/t12-/m1/s1. The zero-order valence-electron chi connectivity index (χ0n) is 8.79. The van der Waals surface area contributed by atoms with Crippen molar-refractivity contribution >= 4 is 5.69 Å². The molecule has 0 unspecified atom stereocenters. The molecule has 0 spiro atoms. The van der Waals surface area contributed by atoms with Crippen molar-refractivity contribution in [2.45, 2.75) is 25.8 Å². The van der Waals surface area contributed by atoms with E-state index in [1.54, 1.807) is 0 Å². The highest BCUT2D eigenvalue weighted by molar-refractivity contribution is 5.44. The van der Waals surface area contributed by atoms with Gasteiger partial charge in [-0.15, -0.1) is 0 Å². The summed E-state index contributed by atoms with van der Waals surface area (Å²) in [5.74, 6) is 0. The third-order valence-corrected chi connectivity index (χ3v) is 2.90. The molecule has 1 heterocycles. The summed E-state index contributed by atoms with van der Waals surface area (Å²) in [5.41, 5.74) is 2.57. The maximum absolute atomic E-state index is 3.48. The Morgan fingerprint density at radius 3 is 2.79 bits per heavy atom. The van der Waals surface area contributed by atoms with Crippen molar-refractivity contribution in [2.75, 3.05) is 18.4 Å². The second-order valence-electron chi connectivity index (χ2n) is 4.17. The number of aryl methyl sites for hydroxylation is 1. The SMILES string of the molecule is Cc1ccc(NC[C@H]2CCC[NH2+]2)cc1. The van der Waals surface area contributed by atoms with Gasteiger partial charge in [-0.25, -0.2) is 0 Å². The summed E-state index contributed by atoms with van der Waals surface area (Å²) in [4.78, 5) is 0. The van der Waals surface area contributed by atoms with Crippen LogP contribution >= 0.6 is 0 Å². The minimum atomic E-state index is 0.788. The highest BCUT2D eigenvalue weighted by Crippen LogP contribution is 2.08. The van der Waals surface area contributed by atoms with Crippen LogP contribution in [0.15, 0.2) is 24.3 Å². The van der Waals surface area contributed by atoms with Gasteiger partial charge in [0.25, 0.3) is 0 Å². The van der Waals surface area contributed by atoms with Crippen LogP contribution in [0.25, 0.3) is 0 Å². The lowest BCUT2D eigenvalue weighted by atomic mass is 10.2. The molecule has 3 N–H and O–H groups in total. The third kappa shape index (κ3) is 2.48. The lowest BCUT2D eigenvalue weighted by molar-refractivity contribution is -0.666. The van der Waals surface area contributed by atoms with Gasteiger partial charge < -0.3 is 10.6 Å². The van der Waals surface area contributed by atoms with Gasteiger partial charge in [-0.1, -0.05) is 17.7 Å². The summed E-state index contributed by atoms with van der Waals surface area (Å²) in [5, 5.41) is 5.93. The minimum Gasteiger partial charge on any atom is -0.379 e. The Kier molecular flexibility index (Phi) is 3.04. The molecule has 14 heavy (non-hydrogen) atoms. The summed E-state index contributed by atoms with van der Waals surface area (Å²) in [7, 11) is 0. The average molecular weight is 191 g/mol. The lowest BCUT2D eigenvalue weighted by Crippen LogP contribution is -2.87. The Hall–Kier alpha value is -1.02. The highest BCUT2D eigenvalue weighted by atomic mass is 15.0. The minimum absolute atomic E-state index is 0.788. The third-order valence-electron chi connectivity index (χ3n) is 2.90. The molecule has 1 aliphatic rings. The van der Waals surface area contributed by atoms with Gasteiger partial charge in [-0.05, 0) is 19.1 Å². The van der Waals surface area contributed by atoms with Crippen LogP contribution in [-0.4, -0.2) is 19.1 Å². The first-order chi connectivity index (χ1) is 6.84. The van der Waals surface area contributed by atoms with Crippen LogP contribution < -0.4 is 10.6 Å². The van der Waals surface area contributed by atoms with Gasteiger partial charge in [-0.3, -0.25) is 0 Å². The van der Waals surface area contributed by atoms with E-state index in [9.17, 15) is 0 Å². The van der Waals surface area contributed by atoms with Crippen LogP contribution in [0.2, 0.25) is 0 Å². The predicted molar refractivity (Wildman–Crippen MR) is 59.5 cm³/mol. The van der Waals surface area contributed by atoms with E-state index in [1.165, 1.54) is 30.6 Å². The maximum Gasteiger partial charge on any atom is 0.104 e. The molecular formula is C12H19N2+. The topological polar surface area (TPSA) is 28.6 Å². The number of anilines is 1. The zero-order valence-corrected chi connectivity index (χ0v) is 8.79. The Balaban J connectivity index is 1.82. The number of nitrogens with two attached hydrogens (primary N) is 1. The van der Waals surface area contributed by atoms with Crippen LogP contribution in [-0.2, 0) is 0 Å². The number of hydrogen-bond donors (Lipinski definition) is 2. The molecule has 0 saturated carbocycles. The van der Waals surface area contributed by atoms with Crippen molar-refractivity contribution in [3.05, 3.63) is 29.8 Å². The Bertz CT molecular complexity index is 273. The fraction of sp³-hybridized carbons (Fsp3) is 0.500. The van der Waals surface area contributed by atoms with E-state index in [1.807, 2.05) is 0 Å². The number of hydrogen-bond acceptors (Lipinski definition) is 1. The Morgan fingerprint density at radius 1 is 1.36 bits per heavy atom. The molecule has 76 valence electrons. The first-order valence-corrected chi connectivity index (χ1v) is 5.48. The van der Waals surface area contributed by atoms with Crippen LogP contribution in [0.4, 0.5) is 5.69 Å². The molecule has 0 aromatic heterocycles. The van der Waals surface area contributed by atoms with Crippen LogP contribution in [0.5, 0.6) is 0 Å². The van der Waals surface area contributed by atoms with E-state index in [0.29, 0.717) is 0 Å². The van der Waals surface area contributed by atoms with Gasteiger partial charge in [-0.2, -0.15) is 0 Å². The van der Waals surface area contributed by atoms with Gasteiger partial charge >= 0.3 is 0 Å². The van der Waals surface area contributed by atoms with Crippen molar-refractivity contribution in [1.29, 1.82) is 0 Å². The van der Waals surface area contributed by atoms with Crippen molar-refractivity contribution in [2.24, 2.45) is 0 Å². The van der Waals surface area contributed by atoms with Gasteiger partial charge in [0.2, 0.25) is 0 Å². The second kappa shape index (κ2) is 4.47. The molecule has 2 nitrogen and oxygen atoms in total. The molecule has 1 fully saturated rings. The van der Waals surface area contributed by atoms with E-state index in [0.717, 1.165) is 12.6 Å². The Labute approximate surface area is 85.7 Å². The predicted octanol–water partition coefficient (Wildman–Crippen LogP) is 1.13. The molecule has 2 rings (SSSR count). The lowest BCUT2D eigenvalue weighted by Gasteiger charge is -2.10. The van der Waals surface area contributed by atoms with Crippen molar-refractivity contribution in [3.8, 4) is 0 Å². The van der Waals surface area contributed by atoms with Gasteiger partial charge in [0.1, 0.15) is 6.04 Å². The monoisotopic (exact) mass is 191 g/mol. The van der Waals surface area contributed by atoms with E-state index in [2.05, 4.69) is 41.8 Å². The van der Waals surface area contributed by atoms with E-state index in [-0.39, 0.29) is 0 Å². The molecular weight excluding hydrogens is 172 g/mol. The molecule has 1 aliphatic heterocycles. The molecule has 2 heteroatoms. The smallest absolute Gasteiger partial charge is 0.104 e. The largest absolute Gasteiger partial charge is 0.379 e. The zero-order chi connectivity index (χ0) is 9.80. The summed E-state index contributed by atoms with van der Waals surface area (Å²) >= 11 is 0. The normalized spacial score (nSPS) is 21.1. The molecule has 0 radical (unpaired) electrons. The van der Waals surface area contributed by atoms with E-state index in [4.69, 9.17) is 0 Å². The van der Waals surface area contributed by atoms with E-state index >= 15 is 0 Å². The highest BCUT2D eigenvalue weighted by Gasteiger charge is 2.17. The van der Waals surface area contributed by atoms with Crippen LogP contribution in [0, 0.1) is 6.92 Å². The summed E-state index contributed by atoms with van der Waals surface area (Å²) < 4.78 is 0. The fourth-order valence-corrected chi connectivity index (χ4v) is 1.96. The first-order valence-electron chi connectivity index (χ1n) is 5.48. The summed E-state index contributed by atoms with van der Waals surface area (Å²) in [6.45, 7) is 4.53.